The summed E-state index contributed by atoms with van der Waals surface area (Å²) in [6, 6.07) is 7.74. The lowest BCUT2D eigenvalue weighted by Crippen LogP contribution is -2.39. The summed E-state index contributed by atoms with van der Waals surface area (Å²) in [5.41, 5.74) is 3.38. The van der Waals surface area contributed by atoms with Crippen molar-refractivity contribution < 1.29 is 9.90 Å². The molecule has 0 amide bonds. The van der Waals surface area contributed by atoms with Crippen molar-refractivity contribution in [2.45, 2.75) is 26.2 Å². The number of thiophene rings is 1. The molecule has 27 heavy (non-hydrogen) atoms. The molecule has 6 heteroatoms. The summed E-state index contributed by atoms with van der Waals surface area (Å²) in [5.74, 6) is -0.924. The van der Waals surface area contributed by atoms with Crippen molar-refractivity contribution in [2.75, 3.05) is 19.6 Å². The van der Waals surface area contributed by atoms with E-state index >= 15 is 0 Å². The number of halogens is 2. The Bertz CT molecular complexity index is 826. The molecule has 0 saturated carbocycles. The maximum absolute atomic E-state index is 11.3. The van der Waals surface area contributed by atoms with Gasteiger partial charge in [0.05, 0.1) is 5.92 Å². The topological polar surface area (TPSA) is 40.5 Å². The Balaban J connectivity index is 1.79. The summed E-state index contributed by atoms with van der Waals surface area (Å²) in [6.07, 6.45) is 4.80. The number of piperidine rings is 1. The number of likely N-dealkylation sites (tertiary alicyclic amines) is 1. The minimum absolute atomic E-state index is 0.242. The van der Waals surface area contributed by atoms with Gasteiger partial charge in [0, 0.05) is 28.0 Å². The van der Waals surface area contributed by atoms with Crippen LogP contribution < -0.4 is 0 Å². The van der Waals surface area contributed by atoms with E-state index in [4.69, 9.17) is 23.2 Å². The van der Waals surface area contributed by atoms with E-state index in [0.717, 1.165) is 43.5 Å². The van der Waals surface area contributed by atoms with E-state index in [1.807, 2.05) is 12.1 Å². The van der Waals surface area contributed by atoms with Gasteiger partial charge in [-0.25, -0.2) is 0 Å². The molecule has 2 heterocycles. The van der Waals surface area contributed by atoms with Gasteiger partial charge in [-0.3, -0.25) is 4.79 Å². The van der Waals surface area contributed by atoms with Crippen molar-refractivity contribution in [2.24, 2.45) is 5.92 Å². The number of carboxylic acids is 1. The molecule has 2 aromatic rings. The van der Waals surface area contributed by atoms with Gasteiger partial charge in [-0.15, -0.1) is 11.3 Å². The van der Waals surface area contributed by atoms with Crippen molar-refractivity contribution >= 4 is 46.1 Å². The Morgan fingerprint density at radius 1 is 1.33 bits per heavy atom. The Morgan fingerprint density at radius 3 is 2.70 bits per heavy atom. The molecule has 144 valence electrons. The summed E-state index contributed by atoms with van der Waals surface area (Å²) < 4.78 is 0. The summed E-state index contributed by atoms with van der Waals surface area (Å²) in [7, 11) is 0. The van der Waals surface area contributed by atoms with E-state index in [0.29, 0.717) is 16.6 Å². The molecule has 1 saturated heterocycles. The van der Waals surface area contributed by atoms with Crippen LogP contribution in [0.4, 0.5) is 0 Å². The SMILES string of the molecule is Cc1ccsc1C(=CCCN1CCCC(C(=O)O)C1)c1cc(Cl)cc(Cl)c1. The zero-order chi connectivity index (χ0) is 19.4. The van der Waals surface area contributed by atoms with Gasteiger partial charge in [-0.1, -0.05) is 29.3 Å². The third-order valence-corrected chi connectivity index (χ3v) is 6.42. The van der Waals surface area contributed by atoms with Gasteiger partial charge >= 0.3 is 5.97 Å². The third-order valence-electron chi connectivity index (χ3n) is 4.93. The highest BCUT2D eigenvalue weighted by atomic mass is 35.5. The van der Waals surface area contributed by atoms with Gasteiger partial charge in [-0.2, -0.15) is 0 Å². The van der Waals surface area contributed by atoms with Crippen molar-refractivity contribution in [3.05, 3.63) is 61.8 Å². The predicted octanol–water partition coefficient (Wildman–Crippen LogP) is 5.98. The first-order valence-electron chi connectivity index (χ1n) is 9.10. The lowest BCUT2D eigenvalue weighted by atomic mass is 9.97. The van der Waals surface area contributed by atoms with Crippen LogP contribution in [0.15, 0.2) is 35.7 Å². The molecule has 1 aromatic carbocycles. The molecular weight excluding hydrogens is 401 g/mol. The first-order valence-corrected chi connectivity index (χ1v) is 10.7. The normalized spacial score (nSPS) is 18.6. The smallest absolute Gasteiger partial charge is 0.307 e. The van der Waals surface area contributed by atoms with Crippen molar-refractivity contribution in [1.29, 1.82) is 0 Å². The molecular formula is C21H23Cl2NO2S. The van der Waals surface area contributed by atoms with Gasteiger partial charge in [-0.05, 0) is 79.1 Å². The van der Waals surface area contributed by atoms with Crippen LogP contribution in [-0.4, -0.2) is 35.6 Å². The number of hydrogen-bond donors (Lipinski definition) is 1. The molecule has 0 bridgehead atoms. The average molecular weight is 424 g/mol. The minimum Gasteiger partial charge on any atom is -0.481 e. The van der Waals surface area contributed by atoms with Crippen LogP contribution in [0.1, 0.15) is 35.3 Å². The van der Waals surface area contributed by atoms with E-state index in [1.54, 1.807) is 17.4 Å². The summed E-state index contributed by atoms with van der Waals surface area (Å²) in [6.45, 7) is 4.56. The molecule has 1 fully saturated rings. The lowest BCUT2D eigenvalue weighted by Gasteiger charge is -2.30. The standard InChI is InChI=1S/C21H23Cl2NO2S/c1-14-6-9-27-20(14)19(16-10-17(22)12-18(23)11-16)5-3-8-24-7-2-4-15(13-24)21(25)26/h5-6,9-12,15H,2-4,7-8,13H2,1H3,(H,25,26). The molecule has 1 unspecified atom stereocenters. The van der Waals surface area contributed by atoms with Crippen LogP contribution in [0.5, 0.6) is 0 Å². The molecule has 3 nitrogen and oxygen atoms in total. The predicted molar refractivity (Wildman–Crippen MR) is 114 cm³/mol. The van der Waals surface area contributed by atoms with E-state index in [9.17, 15) is 9.90 Å². The van der Waals surface area contributed by atoms with Crippen LogP contribution in [0, 0.1) is 12.8 Å². The van der Waals surface area contributed by atoms with Crippen molar-refractivity contribution in [1.82, 2.24) is 4.90 Å². The summed E-state index contributed by atoms with van der Waals surface area (Å²) >= 11 is 14.2. The zero-order valence-electron chi connectivity index (χ0n) is 15.3. The fourth-order valence-corrected chi connectivity index (χ4v) is 5.07. The minimum atomic E-state index is -0.682. The van der Waals surface area contributed by atoms with Gasteiger partial charge in [0.1, 0.15) is 0 Å². The Labute approximate surface area is 174 Å². The van der Waals surface area contributed by atoms with Crippen LogP contribution in [-0.2, 0) is 4.79 Å². The first kappa shape index (κ1) is 20.4. The van der Waals surface area contributed by atoms with Crippen LogP contribution in [0.2, 0.25) is 10.0 Å². The molecule has 1 N–H and O–H groups in total. The largest absolute Gasteiger partial charge is 0.481 e. The monoisotopic (exact) mass is 423 g/mol. The van der Waals surface area contributed by atoms with Gasteiger partial charge in [0.2, 0.25) is 0 Å². The number of carbonyl (C=O) groups is 1. The molecule has 0 aliphatic carbocycles. The Morgan fingerprint density at radius 2 is 2.07 bits per heavy atom. The highest BCUT2D eigenvalue weighted by molar-refractivity contribution is 7.11. The molecule has 3 rings (SSSR count). The van der Waals surface area contributed by atoms with E-state index < -0.39 is 5.97 Å². The summed E-state index contributed by atoms with van der Waals surface area (Å²) in [4.78, 5) is 14.7. The highest BCUT2D eigenvalue weighted by Crippen LogP contribution is 2.34. The molecule has 0 spiro atoms. The quantitative estimate of drug-likeness (QED) is 0.620. The van der Waals surface area contributed by atoms with Crippen LogP contribution >= 0.6 is 34.5 Å². The third kappa shape index (κ3) is 5.35. The number of nitrogens with zero attached hydrogens (tertiary/aromatic N) is 1. The number of rotatable bonds is 6. The highest BCUT2D eigenvalue weighted by Gasteiger charge is 2.24. The first-order chi connectivity index (χ1) is 12.9. The Kier molecular flexibility index (Phi) is 6.99. The molecule has 1 aliphatic rings. The van der Waals surface area contributed by atoms with E-state index in [2.05, 4.69) is 29.3 Å². The van der Waals surface area contributed by atoms with Gasteiger partial charge < -0.3 is 10.0 Å². The Hall–Kier alpha value is -1.33. The number of aliphatic carboxylic acids is 1. The zero-order valence-corrected chi connectivity index (χ0v) is 17.6. The molecule has 1 aromatic heterocycles. The number of benzene rings is 1. The van der Waals surface area contributed by atoms with E-state index in [-0.39, 0.29) is 5.92 Å². The fourth-order valence-electron chi connectivity index (χ4n) is 3.55. The van der Waals surface area contributed by atoms with Gasteiger partial charge in [0.15, 0.2) is 0 Å². The second-order valence-electron chi connectivity index (χ2n) is 6.98. The molecule has 0 radical (unpaired) electrons. The lowest BCUT2D eigenvalue weighted by molar-refractivity contribution is -0.143. The number of hydrogen-bond acceptors (Lipinski definition) is 3. The second kappa shape index (κ2) is 9.24. The van der Waals surface area contributed by atoms with Crippen LogP contribution in [0.3, 0.4) is 0 Å². The second-order valence-corrected chi connectivity index (χ2v) is 8.76. The van der Waals surface area contributed by atoms with Gasteiger partial charge in [0.25, 0.3) is 0 Å². The van der Waals surface area contributed by atoms with Crippen molar-refractivity contribution in [3.8, 4) is 0 Å². The molecule has 1 aliphatic heterocycles. The van der Waals surface area contributed by atoms with Crippen LogP contribution in [0.25, 0.3) is 5.57 Å². The molecule has 1 atom stereocenters. The van der Waals surface area contributed by atoms with Crippen molar-refractivity contribution in [3.63, 3.8) is 0 Å². The summed E-state index contributed by atoms with van der Waals surface area (Å²) in [5, 5.41) is 12.6. The maximum atomic E-state index is 11.3. The number of aryl methyl sites for hydroxylation is 1. The fraction of sp³-hybridized carbons (Fsp3) is 0.381. The maximum Gasteiger partial charge on any atom is 0.307 e. The number of carboxylic acid groups (broad SMARTS) is 1. The van der Waals surface area contributed by atoms with E-state index in [1.165, 1.54) is 10.4 Å². The average Bonchev–Trinajstić information content (AvgIpc) is 3.04.